The lowest BCUT2D eigenvalue weighted by Gasteiger charge is -2.37. The summed E-state index contributed by atoms with van der Waals surface area (Å²) in [7, 11) is 0. The fourth-order valence-corrected chi connectivity index (χ4v) is 5.16. The van der Waals surface area contributed by atoms with E-state index in [1.807, 2.05) is 26.0 Å². The van der Waals surface area contributed by atoms with E-state index in [2.05, 4.69) is 29.0 Å². The molecule has 1 fully saturated rings. The number of aromatic carboxylic acids is 1. The zero-order chi connectivity index (χ0) is 24.2. The van der Waals surface area contributed by atoms with E-state index in [0.717, 1.165) is 55.7 Å². The maximum Gasteiger partial charge on any atom is 0.356 e. The minimum atomic E-state index is -0.994. The number of nitrogens with zero attached hydrogens (tertiary/aromatic N) is 3. The van der Waals surface area contributed by atoms with Crippen molar-refractivity contribution in [2.45, 2.75) is 66.0 Å². The van der Waals surface area contributed by atoms with E-state index < -0.39 is 5.97 Å². The second-order valence-electron chi connectivity index (χ2n) is 10.5. The number of rotatable bonds is 5. The first kappa shape index (κ1) is 22.5. The van der Waals surface area contributed by atoms with Crippen LogP contribution < -0.4 is 15.6 Å². The number of nitrogens with one attached hydrogen (secondary N) is 1. The number of anilines is 2. The van der Waals surface area contributed by atoms with E-state index in [1.54, 1.807) is 10.6 Å². The van der Waals surface area contributed by atoms with Gasteiger partial charge in [-0.3, -0.25) is 4.79 Å². The summed E-state index contributed by atoms with van der Waals surface area (Å²) < 4.78 is 8.16. The molecule has 1 saturated heterocycles. The van der Waals surface area contributed by atoms with Gasteiger partial charge in [-0.2, -0.15) is 0 Å². The highest BCUT2D eigenvalue weighted by molar-refractivity contribution is 5.92. The Morgan fingerprint density at radius 1 is 1.21 bits per heavy atom. The van der Waals surface area contributed by atoms with Gasteiger partial charge in [0.25, 0.3) is 0 Å². The minimum absolute atomic E-state index is 0.0644. The fraction of sp³-hybridized carbons (Fsp3) is 0.500. The van der Waals surface area contributed by atoms with Crippen LogP contribution in [0, 0.1) is 12.3 Å². The van der Waals surface area contributed by atoms with Crippen molar-refractivity contribution in [3.63, 3.8) is 0 Å². The zero-order valence-electron chi connectivity index (χ0n) is 20.3. The van der Waals surface area contributed by atoms with Crippen LogP contribution in [0.15, 0.2) is 27.4 Å². The van der Waals surface area contributed by atoms with E-state index in [4.69, 9.17) is 4.42 Å². The number of fused-ring (bicyclic) bond motifs is 2. The molecular weight excluding hydrogens is 432 g/mol. The van der Waals surface area contributed by atoms with Gasteiger partial charge in [-0.15, -0.1) is 0 Å². The van der Waals surface area contributed by atoms with E-state index in [0.29, 0.717) is 34.6 Å². The van der Waals surface area contributed by atoms with Crippen molar-refractivity contribution >= 4 is 28.6 Å². The van der Waals surface area contributed by atoms with Crippen LogP contribution >= 0.6 is 0 Å². The van der Waals surface area contributed by atoms with Gasteiger partial charge in [0.15, 0.2) is 22.8 Å². The van der Waals surface area contributed by atoms with E-state index >= 15 is 0 Å². The molecule has 2 aromatic heterocycles. The normalized spacial score (nSPS) is 18.2. The van der Waals surface area contributed by atoms with Gasteiger partial charge in [0, 0.05) is 37.7 Å². The van der Waals surface area contributed by atoms with Crippen LogP contribution in [0.2, 0.25) is 0 Å². The summed E-state index contributed by atoms with van der Waals surface area (Å²) in [6.07, 6.45) is 3.75. The van der Waals surface area contributed by atoms with Crippen molar-refractivity contribution < 1.29 is 14.3 Å². The molecule has 0 bridgehead atoms. The zero-order valence-corrected chi connectivity index (χ0v) is 20.3. The SMILES string of the molecule is Cc1cc(C(C)Nc2nc3n(c2C(=O)O)CCC3)c2oc(N3CCC(C)(C)CC3)cc(=O)c2c1. The molecule has 2 aliphatic rings. The van der Waals surface area contributed by atoms with Crippen LogP contribution in [0.4, 0.5) is 11.7 Å². The van der Waals surface area contributed by atoms with Crippen LogP contribution in [0.3, 0.4) is 0 Å². The Kier molecular flexibility index (Phi) is 5.41. The smallest absolute Gasteiger partial charge is 0.356 e. The molecule has 5 rings (SSSR count). The molecule has 34 heavy (non-hydrogen) atoms. The van der Waals surface area contributed by atoms with E-state index in [9.17, 15) is 14.7 Å². The lowest BCUT2D eigenvalue weighted by atomic mass is 9.83. The topological polar surface area (TPSA) is 101 Å². The molecule has 1 atom stereocenters. The highest BCUT2D eigenvalue weighted by Crippen LogP contribution is 2.35. The number of carbonyl (C=O) groups is 1. The Morgan fingerprint density at radius 2 is 1.94 bits per heavy atom. The van der Waals surface area contributed by atoms with Crippen molar-refractivity contribution in [2.75, 3.05) is 23.3 Å². The monoisotopic (exact) mass is 464 g/mol. The molecule has 8 nitrogen and oxygen atoms in total. The third kappa shape index (κ3) is 3.95. The van der Waals surface area contributed by atoms with Crippen molar-refractivity contribution in [3.8, 4) is 0 Å². The van der Waals surface area contributed by atoms with Gasteiger partial charge in [0.1, 0.15) is 11.4 Å². The van der Waals surface area contributed by atoms with Crippen LogP contribution in [0.25, 0.3) is 11.0 Å². The molecule has 0 saturated carbocycles. The van der Waals surface area contributed by atoms with Crippen LogP contribution in [-0.2, 0) is 13.0 Å². The van der Waals surface area contributed by atoms with Gasteiger partial charge in [-0.25, -0.2) is 9.78 Å². The van der Waals surface area contributed by atoms with Crippen molar-refractivity contribution in [3.05, 3.63) is 51.1 Å². The summed E-state index contributed by atoms with van der Waals surface area (Å²) in [4.78, 5) is 31.8. The van der Waals surface area contributed by atoms with Crippen molar-refractivity contribution in [1.29, 1.82) is 0 Å². The highest BCUT2D eigenvalue weighted by atomic mass is 16.4. The summed E-state index contributed by atoms with van der Waals surface area (Å²) in [5.41, 5.74) is 2.72. The Hall–Kier alpha value is -3.29. The van der Waals surface area contributed by atoms with Gasteiger partial charge in [-0.1, -0.05) is 19.9 Å². The second-order valence-corrected chi connectivity index (χ2v) is 10.5. The maximum atomic E-state index is 13.1. The quantitative estimate of drug-likeness (QED) is 0.562. The standard InChI is InChI=1S/C26H32N4O4/c1-15-12-17(16(2)27-24-22(25(32)33)30-9-5-6-20(30)28-24)23-18(13-15)19(31)14-21(34-23)29-10-7-26(3,4)8-11-29/h12-14,16,27H,5-11H2,1-4H3,(H,32,33). The Balaban J connectivity index is 1.54. The molecule has 2 N–H and O–H groups in total. The first-order chi connectivity index (χ1) is 16.1. The molecular formula is C26H32N4O4. The molecule has 0 aliphatic carbocycles. The van der Waals surface area contributed by atoms with Crippen molar-refractivity contribution in [1.82, 2.24) is 9.55 Å². The van der Waals surface area contributed by atoms with Gasteiger partial charge >= 0.3 is 5.97 Å². The number of hydrogen-bond donors (Lipinski definition) is 2. The molecule has 8 heteroatoms. The van der Waals surface area contributed by atoms with Crippen molar-refractivity contribution in [2.24, 2.45) is 5.41 Å². The minimum Gasteiger partial charge on any atom is -0.476 e. The van der Waals surface area contributed by atoms with Crippen LogP contribution in [0.5, 0.6) is 0 Å². The number of aromatic nitrogens is 2. The highest BCUT2D eigenvalue weighted by Gasteiger charge is 2.29. The fourth-order valence-electron chi connectivity index (χ4n) is 5.16. The second kappa shape index (κ2) is 8.18. The molecule has 1 aromatic carbocycles. The number of aryl methyl sites for hydroxylation is 2. The first-order valence-corrected chi connectivity index (χ1v) is 12.1. The molecule has 0 amide bonds. The molecule has 3 aromatic rings. The molecule has 4 heterocycles. The summed E-state index contributed by atoms with van der Waals surface area (Å²) in [6.45, 7) is 10.8. The van der Waals surface area contributed by atoms with Gasteiger partial charge < -0.3 is 24.3 Å². The van der Waals surface area contributed by atoms with Gasteiger partial charge in [0.05, 0.1) is 11.4 Å². The number of piperidine rings is 1. The van der Waals surface area contributed by atoms with Crippen LogP contribution in [-0.4, -0.2) is 33.7 Å². The number of benzene rings is 1. The van der Waals surface area contributed by atoms with Gasteiger partial charge in [-0.05, 0) is 50.2 Å². The molecule has 1 unspecified atom stereocenters. The lowest BCUT2D eigenvalue weighted by Crippen LogP contribution is -2.37. The molecule has 0 radical (unpaired) electrons. The van der Waals surface area contributed by atoms with Crippen LogP contribution in [0.1, 0.15) is 73.5 Å². The lowest BCUT2D eigenvalue weighted by molar-refractivity contribution is 0.0686. The molecule has 180 valence electrons. The third-order valence-corrected chi connectivity index (χ3v) is 7.27. The molecule has 2 aliphatic heterocycles. The summed E-state index contributed by atoms with van der Waals surface area (Å²) >= 11 is 0. The average Bonchev–Trinajstić information content (AvgIpc) is 3.34. The summed E-state index contributed by atoms with van der Waals surface area (Å²) in [5.74, 6) is 0.757. The third-order valence-electron chi connectivity index (χ3n) is 7.27. The number of carboxylic acid groups (broad SMARTS) is 1. The van der Waals surface area contributed by atoms with E-state index in [1.165, 1.54) is 0 Å². The predicted molar refractivity (Wildman–Crippen MR) is 132 cm³/mol. The maximum absolute atomic E-state index is 13.1. The van der Waals surface area contributed by atoms with E-state index in [-0.39, 0.29) is 17.2 Å². The van der Waals surface area contributed by atoms with Gasteiger partial charge in [0.2, 0.25) is 0 Å². The largest absolute Gasteiger partial charge is 0.476 e. The number of carboxylic acids is 1. The Bertz CT molecular complexity index is 1330. The summed E-state index contributed by atoms with van der Waals surface area (Å²) in [6, 6.07) is 5.14. The number of imidazole rings is 1. The summed E-state index contributed by atoms with van der Waals surface area (Å²) in [5, 5.41) is 13.6. The average molecular weight is 465 g/mol. The number of hydrogen-bond acceptors (Lipinski definition) is 6. The molecule has 0 spiro atoms. The predicted octanol–water partition coefficient (Wildman–Crippen LogP) is 4.74. The Morgan fingerprint density at radius 3 is 2.65 bits per heavy atom. The Labute approximate surface area is 198 Å². The first-order valence-electron chi connectivity index (χ1n) is 12.1.